The van der Waals surface area contributed by atoms with Gasteiger partial charge in [-0.3, -0.25) is 4.79 Å². The fourth-order valence-corrected chi connectivity index (χ4v) is 3.88. The van der Waals surface area contributed by atoms with Gasteiger partial charge in [-0.2, -0.15) is 0 Å². The summed E-state index contributed by atoms with van der Waals surface area (Å²) in [7, 11) is 1.46. The van der Waals surface area contributed by atoms with E-state index in [1.807, 2.05) is 6.33 Å². The van der Waals surface area contributed by atoms with Gasteiger partial charge in [0.1, 0.15) is 11.8 Å². The zero-order valence-corrected chi connectivity index (χ0v) is 18.5. The number of aromatic nitrogens is 4. The van der Waals surface area contributed by atoms with Crippen molar-refractivity contribution >= 4 is 28.7 Å². The fourth-order valence-electron chi connectivity index (χ4n) is 3.64. The van der Waals surface area contributed by atoms with Crippen molar-refractivity contribution in [3.8, 4) is 0 Å². The normalized spacial score (nSPS) is 11.2. The first-order valence-corrected chi connectivity index (χ1v) is 11.5. The molecule has 0 atom stereocenters. The predicted octanol–water partition coefficient (Wildman–Crippen LogP) is 6.11. The lowest BCUT2D eigenvalue weighted by Gasteiger charge is -2.05. The van der Waals surface area contributed by atoms with Gasteiger partial charge in [-0.05, 0) is 12.8 Å². The first kappa shape index (κ1) is 23.6. The summed E-state index contributed by atoms with van der Waals surface area (Å²) in [5.74, 6) is -0.0841. The number of carbonyl (C=O) groups is 1. The smallest absolute Gasteiger partial charge is 0.305 e. The van der Waals surface area contributed by atoms with Crippen LogP contribution in [0.2, 0.25) is 5.15 Å². The Morgan fingerprint density at radius 1 is 0.862 bits per heavy atom. The van der Waals surface area contributed by atoms with Gasteiger partial charge in [0.05, 0.1) is 13.4 Å². The molecule has 0 bridgehead atoms. The maximum atomic E-state index is 11.0. The molecular formula is C22H35ClN4O2. The number of hydrogen-bond acceptors (Lipinski definition) is 5. The Kier molecular flexibility index (Phi) is 11.6. The molecule has 2 rings (SSSR count). The maximum absolute atomic E-state index is 11.0. The lowest BCUT2D eigenvalue weighted by atomic mass is 10.0. The van der Waals surface area contributed by atoms with Gasteiger partial charge in [0, 0.05) is 13.0 Å². The molecule has 0 aromatic carbocycles. The topological polar surface area (TPSA) is 69.9 Å². The third kappa shape index (κ3) is 9.11. The number of carbonyl (C=O) groups excluding carboxylic acids is 1. The number of halogens is 1. The van der Waals surface area contributed by atoms with Crippen LogP contribution in [0.15, 0.2) is 12.7 Å². The Morgan fingerprint density at radius 3 is 2.00 bits per heavy atom. The molecule has 0 aliphatic rings. The van der Waals surface area contributed by atoms with Gasteiger partial charge in [0.2, 0.25) is 0 Å². The number of imidazole rings is 1. The number of unbranched alkanes of at least 4 members (excludes halogenated alkanes) is 12. The summed E-state index contributed by atoms with van der Waals surface area (Å²) in [6.07, 6.45) is 20.1. The average Bonchev–Trinajstić information content (AvgIpc) is 3.15. The quantitative estimate of drug-likeness (QED) is 0.185. The Bertz CT molecular complexity index is 720. The van der Waals surface area contributed by atoms with Gasteiger partial charge in [0.15, 0.2) is 10.8 Å². The summed E-state index contributed by atoms with van der Waals surface area (Å²) in [5.41, 5.74) is 1.52. The molecule has 0 saturated carbocycles. The molecule has 7 heteroatoms. The van der Waals surface area contributed by atoms with Crippen LogP contribution < -0.4 is 0 Å². The van der Waals surface area contributed by atoms with Crippen molar-refractivity contribution in [2.45, 2.75) is 96.4 Å². The maximum Gasteiger partial charge on any atom is 0.305 e. The predicted molar refractivity (Wildman–Crippen MR) is 117 cm³/mol. The van der Waals surface area contributed by atoms with Crippen molar-refractivity contribution in [1.82, 2.24) is 19.5 Å². The molecule has 0 aliphatic heterocycles. The lowest BCUT2D eigenvalue weighted by Crippen LogP contribution is -1.99. The highest BCUT2D eigenvalue weighted by Gasteiger charge is 2.08. The van der Waals surface area contributed by atoms with Gasteiger partial charge in [0.25, 0.3) is 0 Å². The molecule has 0 amide bonds. The van der Waals surface area contributed by atoms with Crippen LogP contribution in [0.3, 0.4) is 0 Å². The molecule has 0 saturated heterocycles. The number of nitrogens with zero attached hydrogens (tertiary/aromatic N) is 4. The second-order valence-corrected chi connectivity index (χ2v) is 8.05. The van der Waals surface area contributed by atoms with Crippen LogP contribution >= 0.6 is 11.6 Å². The number of rotatable bonds is 16. The number of ether oxygens (including phenoxy) is 1. The lowest BCUT2D eigenvalue weighted by molar-refractivity contribution is -0.140. The minimum atomic E-state index is -0.0841. The summed E-state index contributed by atoms with van der Waals surface area (Å²) in [4.78, 5) is 23.5. The van der Waals surface area contributed by atoms with Crippen molar-refractivity contribution in [2.24, 2.45) is 0 Å². The monoisotopic (exact) mass is 422 g/mol. The zero-order valence-electron chi connectivity index (χ0n) is 17.7. The van der Waals surface area contributed by atoms with E-state index in [0.29, 0.717) is 17.2 Å². The van der Waals surface area contributed by atoms with Crippen LogP contribution in [0, 0.1) is 0 Å². The summed E-state index contributed by atoms with van der Waals surface area (Å²) < 4.78 is 6.71. The van der Waals surface area contributed by atoms with E-state index >= 15 is 0 Å². The first-order chi connectivity index (χ1) is 14.2. The first-order valence-electron chi connectivity index (χ1n) is 11.1. The molecule has 2 heterocycles. The number of aryl methyl sites for hydroxylation is 1. The Balaban J connectivity index is 1.37. The van der Waals surface area contributed by atoms with Crippen LogP contribution in [-0.4, -0.2) is 32.6 Å². The van der Waals surface area contributed by atoms with Gasteiger partial charge in [-0.25, -0.2) is 15.0 Å². The Hall–Kier alpha value is -1.69. The van der Waals surface area contributed by atoms with Crippen LogP contribution in [0.5, 0.6) is 0 Å². The third-order valence-corrected chi connectivity index (χ3v) is 5.65. The summed E-state index contributed by atoms with van der Waals surface area (Å²) in [5, 5.41) is 0.480. The van der Waals surface area contributed by atoms with Crippen molar-refractivity contribution < 1.29 is 9.53 Å². The average molecular weight is 423 g/mol. The highest BCUT2D eigenvalue weighted by Crippen LogP contribution is 2.19. The van der Waals surface area contributed by atoms with Gasteiger partial charge in [-0.1, -0.05) is 82.2 Å². The minimum absolute atomic E-state index is 0.0841. The summed E-state index contributed by atoms with van der Waals surface area (Å²) in [6, 6.07) is 0. The van der Waals surface area contributed by atoms with E-state index in [1.165, 1.54) is 77.6 Å². The number of hydrogen-bond donors (Lipinski definition) is 0. The van der Waals surface area contributed by atoms with Crippen LogP contribution in [-0.2, 0) is 16.1 Å². The van der Waals surface area contributed by atoms with E-state index in [9.17, 15) is 4.79 Å². The van der Waals surface area contributed by atoms with Gasteiger partial charge < -0.3 is 9.30 Å². The molecule has 2 aromatic heterocycles. The van der Waals surface area contributed by atoms with E-state index in [2.05, 4.69) is 24.3 Å². The van der Waals surface area contributed by atoms with Gasteiger partial charge >= 0.3 is 5.97 Å². The van der Waals surface area contributed by atoms with Crippen LogP contribution in [0.1, 0.15) is 89.9 Å². The van der Waals surface area contributed by atoms with E-state index in [1.54, 1.807) is 0 Å². The molecule has 29 heavy (non-hydrogen) atoms. The highest BCUT2D eigenvalue weighted by atomic mass is 35.5. The molecular weight excluding hydrogens is 388 g/mol. The van der Waals surface area contributed by atoms with Crippen molar-refractivity contribution in [3.63, 3.8) is 0 Å². The van der Waals surface area contributed by atoms with Crippen molar-refractivity contribution in [1.29, 1.82) is 0 Å². The van der Waals surface area contributed by atoms with Crippen molar-refractivity contribution in [2.75, 3.05) is 7.11 Å². The van der Waals surface area contributed by atoms with E-state index < -0.39 is 0 Å². The fraction of sp³-hybridized carbons (Fsp3) is 0.727. The number of methoxy groups -OCH3 is 1. The standard InChI is InChI=1S/C22H35ClN4O2/c1-29-19(28)15-13-11-9-7-5-3-2-4-6-8-10-12-14-16-27-18-26-22-20(27)21(23)24-17-25-22/h17-18H,2-16H2,1H3. The highest BCUT2D eigenvalue weighted by molar-refractivity contribution is 6.33. The number of esters is 1. The Morgan fingerprint density at radius 2 is 1.41 bits per heavy atom. The number of fused-ring (bicyclic) bond motifs is 1. The molecule has 0 spiro atoms. The largest absolute Gasteiger partial charge is 0.469 e. The summed E-state index contributed by atoms with van der Waals surface area (Å²) in [6.45, 7) is 0.920. The van der Waals surface area contributed by atoms with E-state index in [4.69, 9.17) is 11.6 Å². The van der Waals surface area contributed by atoms with E-state index in [0.717, 1.165) is 31.3 Å². The molecule has 162 valence electrons. The molecule has 0 radical (unpaired) electrons. The summed E-state index contributed by atoms with van der Waals surface area (Å²) >= 11 is 6.16. The molecule has 0 aliphatic carbocycles. The molecule has 0 N–H and O–H groups in total. The SMILES string of the molecule is COC(=O)CCCCCCCCCCCCCCCn1cnc2ncnc(Cl)c21. The second kappa shape index (κ2) is 14.3. The van der Waals surface area contributed by atoms with Crippen LogP contribution in [0.25, 0.3) is 11.2 Å². The van der Waals surface area contributed by atoms with E-state index in [-0.39, 0.29) is 5.97 Å². The molecule has 2 aromatic rings. The minimum Gasteiger partial charge on any atom is -0.469 e. The molecule has 6 nitrogen and oxygen atoms in total. The Labute approximate surface area is 179 Å². The third-order valence-electron chi connectivity index (χ3n) is 5.37. The van der Waals surface area contributed by atoms with Crippen molar-refractivity contribution in [3.05, 3.63) is 17.8 Å². The van der Waals surface area contributed by atoms with Crippen LogP contribution in [0.4, 0.5) is 0 Å². The second-order valence-electron chi connectivity index (χ2n) is 7.70. The van der Waals surface area contributed by atoms with Gasteiger partial charge in [-0.15, -0.1) is 0 Å². The molecule has 0 unspecified atom stereocenters. The molecule has 0 fully saturated rings. The zero-order chi connectivity index (χ0) is 20.7.